The fourth-order valence-corrected chi connectivity index (χ4v) is 3.02. The summed E-state index contributed by atoms with van der Waals surface area (Å²) < 4.78 is 0.791. The first kappa shape index (κ1) is 12.7. The number of aromatic nitrogens is 2. The molecule has 1 aromatic heterocycles. The van der Waals surface area contributed by atoms with E-state index in [0.717, 1.165) is 20.7 Å². The van der Waals surface area contributed by atoms with Crippen molar-refractivity contribution >= 4 is 39.3 Å². The van der Waals surface area contributed by atoms with Gasteiger partial charge in [-0.3, -0.25) is 4.79 Å². The Morgan fingerprint density at radius 3 is 3.05 bits per heavy atom. The molecule has 3 rings (SSSR count). The van der Waals surface area contributed by atoms with E-state index in [4.69, 9.17) is 5.73 Å². The number of carbonyl (C=O) groups excluding carboxylic acids is 1. The number of hydrogen-bond donors (Lipinski definition) is 3. The summed E-state index contributed by atoms with van der Waals surface area (Å²) in [4.78, 5) is 19.7. The summed E-state index contributed by atoms with van der Waals surface area (Å²) in [5.74, 6) is 1.16. The fraction of sp³-hybridized carbons (Fsp3) is 0.167. The number of anilines is 1. The second-order valence-electron chi connectivity index (χ2n) is 4.19. The number of rotatable bonds is 2. The van der Waals surface area contributed by atoms with E-state index in [9.17, 15) is 4.79 Å². The highest BCUT2D eigenvalue weighted by Gasteiger charge is 2.18. The molecule has 1 atom stereocenters. The van der Waals surface area contributed by atoms with Crippen LogP contribution in [0.25, 0.3) is 0 Å². The number of nitrogens with one attached hydrogen (secondary N) is 2. The second-order valence-corrected chi connectivity index (χ2v) is 6.06. The van der Waals surface area contributed by atoms with Crippen LogP contribution in [0.15, 0.2) is 33.9 Å². The fourth-order valence-electron chi connectivity index (χ4n) is 1.92. The van der Waals surface area contributed by atoms with Gasteiger partial charge < -0.3 is 16.0 Å². The third kappa shape index (κ3) is 2.54. The molecule has 1 aliphatic rings. The Morgan fingerprint density at radius 1 is 1.47 bits per heavy atom. The molecule has 0 fully saturated rings. The maximum atomic E-state index is 11.4. The van der Waals surface area contributed by atoms with Crippen LogP contribution in [0.4, 0.5) is 5.69 Å². The minimum Gasteiger partial charge on any atom is -0.335 e. The van der Waals surface area contributed by atoms with Crippen LogP contribution >= 0.6 is 27.7 Å². The Hall–Kier alpha value is -1.31. The van der Waals surface area contributed by atoms with Gasteiger partial charge in [0.15, 0.2) is 0 Å². The van der Waals surface area contributed by atoms with Crippen LogP contribution in [-0.4, -0.2) is 21.6 Å². The Labute approximate surface area is 122 Å². The van der Waals surface area contributed by atoms with E-state index in [2.05, 4.69) is 31.2 Å². The number of thioether (sulfide) groups is 1. The molecule has 5 nitrogen and oxygen atoms in total. The van der Waals surface area contributed by atoms with Gasteiger partial charge in [-0.05, 0) is 33.6 Å². The van der Waals surface area contributed by atoms with Crippen molar-refractivity contribution in [2.24, 2.45) is 5.73 Å². The largest absolute Gasteiger partial charge is 0.335 e. The molecule has 2 heterocycles. The van der Waals surface area contributed by atoms with Gasteiger partial charge in [0.25, 0.3) is 0 Å². The lowest BCUT2D eigenvalue weighted by Crippen LogP contribution is -2.20. The molecule has 7 heteroatoms. The first-order chi connectivity index (χ1) is 9.13. The van der Waals surface area contributed by atoms with Crippen molar-refractivity contribution in [3.8, 4) is 0 Å². The van der Waals surface area contributed by atoms with Crippen LogP contribution in [-0.2, 0) is 4.79 Å². The third-order valence-electron chi connectivity index (χ3n) is 2.85. The van der Waals surface area contributed by atoms with Gasteiger partial charge in [0.2, 0.25) is 5.91 Å². The van der Waals surface area contributed by atoms with E-state index in [0.29, 0.717) is 11.6 Å². The third-order valence-corrected chi connectivity index (χ3v) is 4.33. The average molecular weight is 339 g/mol. The average Bonchev–Trinajstić information content (AvgIpc) is 2.83. The van der Waals surface area contributed by atoms with E-state index < -0.39 is 0 Å². The second kappa shape index (κ2) is 4.99. The minimum atomic E-state index is -0.347. The van der Waals surface area contributed by atoms with Crippen molar-refractivity contribution in [1.82, 2.24) is 9.97 Å². The van der Waals surface area contributed by atoms with Crippen LogP contribution in [0.3, 0.4) is 0 Å². The summed E-state index contributed by atoms with van der Waals surface area (Å²) in [6.07, 6.45) is 1.67. The van der Waals surface area contributed by atoms with Crippen molar-refractivity contribution in [3.05, 3.63) is 40.4 Å². The van der Waals surface area contributed by atoms with Gasteiger partial charge in [-0.15, -0.1) is 11.8 Å². The van der Waals surface area contributed by atoms with Gasteiger partial charge in [0.1, 0.15) is 10.4 Å². The molecule has 19 heavy (non-hydrogen) atoms. The number of aromatic amines is 1. The molecule has 0 aliphatic carbocycles. The molecule has 0 saturated carbocycles. The Morgan fingerprint density at radius 2 is 2.32 bits per heavy atom. The van der Waals surface area contributed by atoms with Crippen LogP contribution in [0.2, 0.25) is 0 Å². The number of nitrogens with zero attached hydrogens (tertiary/aromatic N) is 1. The molecule has 1 aliphatic heterocycles. The standard InChI is InChI=1S/C12H11BrN4OS/c13-9-4-15-12(17-9)11(14)6-1-2-8-7(3-6)16-10(18)5-19-8/h1-4,11H,5,14H2,(H,15,17)(H,16,18). The predicted molar refractivity (Wildman–Crippen MR) is 78.1 cm³/mol. The molecule has 1 aromatic carbocycles. The van der Waals surface area contributed by atoms with Gasteiger partial charge in [0.05, 0.1) is 23.7 Å². The van der Waals surface area contributed by atoms with Crippen molar-refractivity contribution in [3.63, 3.8) is 0 Å². The van der Waals surface area contributed by atoms with Crippen LogP contribution in [0, 0.1) is 0 Å². The van der Waals surface area contributed by atoms with E-state index in [1.165, 1.54) is 11.8 Å². The first-order valence-electron chi connectivity index (χ1n) is 5.66. The molecule has 2 aromatic rings. The smallest absolute Gasteiger partial charge is 0.234 e. The maximum absolute atomic E-state index is 11.4. The monoisotopic (exact) mass is 338 g/mol. The lowest BCUT2D eigenvalue weighted by molar-refractivity contribution is -0.113. The zero-order valence-electron chi connectivity index (χ0n) is 9.81. The molecule has 98 valence electrons. The molecule has 4 N–H and O–H groups in total. The summed E-state index contributed by atoms with van der Waals surface area (Å²) in [5.41, 5.74) is 7.89. The molecule has 1 amide bonds. The molecule has 0 radical (unpaired) electrons. The predicted octanol–water partition coefficient (Wildman–Crippen LogP) is 2.26. The molecule has 0 bridgehead atoms. The SMILES string of the molecule is NC(c1ccc2c(c1)NC(=O)CS2)c1ncc(Br)[nH]1. The summed E-state index contributed by atoms with van der Waals surface area (Å²) >= 11 is 4.84. The maximum Gasteiger partial charge on any atom is 0.234 e. The number of fused-ring (bicyclic) bond motifs is 1. The Kier molecular flexibility index (Phi) is 3.34. The number of nitrogens with two attached hydrogens (primary N) is 1. The summed E-state index contributed by atoms with van der Waals surface area (Å²) in [6.45, 7) is 0. The highest BCUT2D eigenvalue weighted by Crippen LogP contribution is 2.33. The van der Waals surface area contributed by atoms with Gasteiger partial charge in [-0.25, -0.2) is 4.98 Å². The van der Waals surface area contributed by atoms with Crippen molar-refractivity contribution < 1.29 is 4.79 Å². The van der Waals surface area contributed by atoms with Gasteiger partial charge in [0, 0.05) is 4.90 Å². The number of hydrogen-bond acceptors (Lipinski definition) is 4. The summed E-state index contributed by atoms with van der Waals surface area (Å²) in [7, 11) is 0. The number of imidazole rings is 1. The Bertz CT molecular complexity index is 642. The lowest BCUT2D eigenvalue weighted by atomic mass is 10.1. The van der Waals surface area contributed by atoms with E-state index in [1.54, 1.807) is 6.20 Å². The lowest BCUT2D eigenvalue weighted by Gasteiger charge is -2.18. The minimum absolute atomic E-state index is 0.0176. The zero-order chi connectivity index (χ0) is 13.4. The highest BCUT2D eigenvalue weighted by molar-refractivity contribution is 9.10. The molecular formula is C12H11BrN4OS. The van der Waals surface area contributed by atoms with Crippen molar-refractivity contribution in [2.45, 2.75) is 10.9 Å². The number of benzene rings is 1. The normalized spacial score (nSPS) is 15.8. The molecule has 0 spiro atoms. The van der Waals surface area contributed by atoms with Crippen LogP contribution in [0.1, 0.15) is 17.4 Å². The number of carbonyl (C=O) groups is 1. The number of amides is 1. The first-order valence-corrected chi connectivity index (χ1v) is 7.44. The summed E-state index contributed by atoms with van der Waals surface area (Å²) in [5, 5.41) is 2.86. The molecule has 0 saturated heterocycles. The van der Waals surface area contributed by atoms with Crippen LogP contribution in [0.5, 0.6) is 0 Å². The van der Waals surface area contributed by atoms with E-state index >= 15 is 0 Å². The molecular weight excluding hydrogens is 328 g/mol. The quantitative estimate of drug-likeness (QED) is 0.784. The topological polar surface area (TPSA) is 83.8 Å². The number of halogens is 1. The van der Waals surface area contributed by atoms with Crippen molar-refractivity contribution in [2.75, 3.05) is 11.1 Å². The van der Waals surface area contributed by atoms with Gasteiger partial charge in [-0.1, -0.05) is 6.07 Å². The molecule has 1 unspecified atom stereocenters. The summed E-state index contributed by atoms with van der Waals surface area (Å²) in [6, 6.07) is 5.50. The van der Waals surface area contributed by atoms with Crippen molar-refractivity contribution in [1.29, 1.82) is 0 Å². The number of H-pyrrole nitrogens is 1. The highest BCUT2D eigenvalue weighted by atomic mass is 79.9. The van der Waals surface area contributed by atoms with Gasteiger partial charge >= 0.3 is 0 Å². The van der Waals surface area contributed by atoms with E-state index in [1.807, 2.05) is 18.2 Å². The van der Waals surface area contributed by atoms with E-state index in [-0.39, 0.29) is 11.9 Å². The van der Waals surface area contributed by atoms with Gasteiger partial charge in [-0.2, -0.15) is 0 Å². The van der Waals surface area contributed by atoms with Crippen LogP contribution < -0.4 is 11.1 Å². The zero-order valence-corrected chi connectivity index (χ0v) is 12.2. The Balaban J connectivity index is 1.93.